The Labute approximate surface area is 115 Å². The van der Waals surface area contributed by atoms with Gasteiger partial charge in [-0.3, -0.25) is 0 Å². The van der Waals surface area contributed by atoms with E-state index in [4.69, 9.17) is 9.84 Å². The number of carbonyl (C=O) groups excluding carboxylic acids is 1. The van der Waals surface area contributed by atoms with Crippen molar-refractivity contribution in [1.29, 1.82) is 0 Å². The van der Waals surface area contributed by atoms with Crippen molar-refractivity contribution in [2.45, 2.75) is 38.7 Å². The lowest BCUT2D eigenvalue weighted by Crippen LogP contribution is -2.50. The second-order valence-electron chi connectivity index (χ2n) is 5.73. The molecule has 0 aromatic carbocycles. The van der Waals surface area contributed by atoms with E-state index in [0.717, 1.165) is 57.8 Å². The van der Waals surface area contributed by atoms with Crippen LogP contribution in [-0.2, 0) is 4.74 Å². The lowest BCUT2D eigenvalue weighted by Gasteiger charge is -2.38. The molecule has 0 unspecified atom stereocenters. The molecule has 0 aliphatic carbocycles. The van der Waals surface area contributed by atoms with Gasteiger partial charge in [-0.2, -0.15) is 0 Å². The summed E-state index contributed by atoms with van der Waals surface area (Å²) in [7, 11) is 0. The molecule has 0 spiro atoms. The Bertz CT molecular complexity index is 282. The molecule has 2 aliphatic heterocycles. The van der Waals surface area contributed by atoms with Crippen LogP contribution in [0.4, 0.5) is 4.79 Å². The third kappa shape index (κ3) is 4.08. The van der Waals surface area contributed by atoms with Gasteiger partial charge in [-0.05, 0) is 31.6 Å². The minimum atomic E-state index is 0.0745. The summed E-state index contributed by atoms with van der Waals surface area (Å²) in [6, 6.07) is 0.201. The summed E-state index contributed by atoms with van der Waals surface area (Å²) in [5.41, 5.74) is 0. The number of aliphatic hydroxyl groups excluding tert-OH is 1. The minimum absolute atomic E-state index is 0.0745. The standard InChI is InChI=1S/C14H26N2O3/c1-12-2-6-15(7-3-12)14(18)16-8-4-13(5-9-16)19-11-10-17/h12-13,17H,2-11H2,1H3. The number of hydrogen-bond acceptors (Lipinski definition) is 3. The van der Waals surface area contributed by atoms with Crippen LogP contribution in [0.2, 0.25) is 0 Å². The van der Waals surface area contributed by atoms with E-state index < -0.39 is 0 Å². The van der Waals surface area contributed by atoms with Crippen molar-refractivity contribution in [3.05, 3.63) is 0 Å². The van der Waals surface area contributed by atoms with Crippen molar-refractivity contribution in [1.82, 2.24) is 9.80 Å². The smallest absolute Gasteiger partial charge is 0.320 e. The molecule has 0 saturated carbocycles. The third-order valence-corrected chi connectivity index (χ3v) is 4.21. The summed E-state index contributed by atoms with van der Waals surface area (Å²) in [5, 5.41) is 8.73. The number of rotatable bonds is 3. The van der Waals surface area contributed by atoms with E-state index in [-0.39, 0.29) is 18.7 Å². The fourth-order valence-corrected chi connectivity index (χ4v) is 2.83. The molecule has 2 saturated heterocycles. The van der Waals surface area contributed by atoms with E-state index in [2.05, 4.69) is 6.92 Å². The molecule has 0 aromatic heterocycles. The number of ether oxygens (including phenoxy) is 1. The number of aliphatic hydroxyl groups is 1. The molecule has 0 atom stereocenters. The number of carbonyl (C=O) groups is 1. The van der Waals surface area contributed by atoms with E-state index in [9.17, 15) is 4.79 Å². The van der Waals surface area contributed by atoms with Gasteiger partial charge >= 0.3 is 6.03 Å². The molecule has 2 aliphatic rings. The maximum Gasteiger partial charge on any atom is 0.320 e. The molecule has 2 heterocycles. The van der Waals surface area contributed by atoms with Crippen molar-refractivity contribution < 1.29 is 14.6 Å². The molecule has 1 N–H and O–H groups in total. The van der Waals surface area contributed by atoms with Crippen molar-refractivity contribution >= 4 is 6.03 Å². The first-order valence-electron chi connectivity index (χ1n) is 7.47. The summed E-state index contributed by atoms with van der Waals surface area (Å²) in [6.07, 6.45) is 4.23. The van der Waals surface area contributed by atoms with Gasteiger partial charge in [0.15, 0.2) is 0 Å². The van der Waals surface area contributed by atoms with Crippen LogP contribution in [0.15, 0.2) is 0 Å². The molecule has 19 heavy (non-hydrogen) atoms. The van der Waals surface area contributed by atoms with E-state index in [1.165, 1.54) is 0 Å². The lowest BCUT2D eigenvalue weighted by molar-refractivity contribution is -0.00452. The van der Waals surface area contributed by atoms with Crippen LogP contribution in [0, 0.1) is 5.92 Å². The van der Waals surface area contributed by atoms with E-state index in [1.807, 2.05) is 9.80 Å². The number of amides is 2. The summed E-state index contributed by atoms with van der Waals surface area (Å²) in [4.78, 5) is 16.3. The van der Waals surface area contributed by atoms with Gasteiger partial charge in [0.05, 0.1) is 19.3 Å². The van der Waals surface area contributed by atoms with Crippen LogP contribution in [0.25, 0.3) is 0 Å². The number of urea groups is 1. The normalized spacial score (nSPS) is 22.8. The Morgan fingerprint density at radius 3 is 2.16 bits per heavy atom. The highest BCUT2D eigenvalue weighted by Crippen LogP contribution is 2.20. The second-order valence-corrected chi connectivity index (χ2v) is 5.73. The largest absolute Gasteiger partial charge is 0.394 e. The molecule has 5 heteroatoms. The van der Waals surface area contributed by atoms with Gasteiger partial charge < -0.3 is 19.6 Å². The predicted octanol–water partition coefficient (Wildman–Crippen LogP) is 1.31. The zero-order valence-electron chi connectivity index (χ0n) is 11.9. The van der Waals surface area contributed by atoms with Crippen molar-refractivity contribution in [3.63, 3.8) is 0 Å². The van der Waals surface area contributed by atoms with E-state index >= 15 is 0 Å². The number of piperidine rings is 2. The third-order valence-electron chi connectivity index (χ3n) is 4.21. The summed E-state index contributed by atoms with van der Waals surface area (Å²) < 4.78 is 5.52. The van der Waals surface area contributed by atoms with Gasteiger partial charge in [0.2, 0.25) is 0 Å². The highest BCUT2D eigenvalue weighted by molar-refractivity contribution is 5.74. The number of nitrogens with zero attached hydrogens (tertiary/aromatic N) is 2. The first kappa shape index (κ1) is 14.6. The average Bonchev–Trinajstić information content (AvgIpc) is 2.46. The van der Waals surface area contributed by atoms with Gasteiger partial charge in [-0.15, -0.1) is 0 Å². The molecular weight excluding hydrogens is 244 g/mol. The molecule has 5 nitrogen and oxygen atoms in total. The second kappa shape index (κ2) is 7.10. The first-order chi connectivity index (χ1) is 9.20. The van der Waals surface area contributed by atoms with Crippen LogP contribution in [-0.4, -0.2) is 66.4 Å². The van der Waals surface area contributed by atoms with Crippen LogP contribution in [0.5, 0.6) is 0 Å². The van der Waals surface area contributed by atoms with Crippen LogP contribution >= 0.6 is 0 Å². The highest BCUT2D eigenvalue weighted by Gasteiger charge is 2.28. The Kier molecular flexibility index (Phi) is 5.45. The van der Waals surface area contributed by atoms with E-state index in [1.54, 1.807) is 0 Å². The summed E-state index contributed by atoms with van der Waals surface area (Å²) in [5.74, 6) is 0.752. The van der Waals surface area contributed by atoms with Gasteiger partial charge in [0.1, 0.15) is 0 Å². The Morgan fingerprint density at radius 1 is 1.11 bits per heavy atom. The Morgan fingerprint density at radius 2 is 1.63 bits per heavy atom. The van der Waals surface area contributed by atoms with Gasteiger partial charge in [0.25, 0.3) is 0 Å². The zero-order chi connectivity index (χ0) is 13.7. The SMILES string of the molecule is CC1CCN(C(=O)N2CCC(OCCO)CC2)CC1. The average molecular weight is 270 g/mol. The van der Waals surface area contributed by atoms with Crippen LogP contribution in [0.3, 0.4) is 0 Å². The van der Waals surface area contributed by atoms with Crippen molar-refractivity contribution in [2.75, 3.05) is 39.4 Å². The van der Waals surface area contributed by atoms with Gasteiger partial charge in [-0.1, -0.05) is 6.92 Å². The summed E-state index contributed by atoms with van der Waals surface area (Å²) >= 11 is 0. The molecule has 2 fully saturated rings. The number of likely N-dealkylation sites (tertiary alicyclic amines) is 2. The molecule has 110 valence electrons. The monoisotopic (exact) mass is 270 g/mol. The maximum atomic E-state index is 12.4. The Balaban J connectivity index is 1.73. The minimum Gasteiger partial charge on any atom is -0.394 e. The van der Waals surface area contributed by atoms with Gasteiger partial charge in [0, 0.05) is 26.2 Å². The molecule has 2 rings (SSSR count). The molecule has 0 bridgehead atoms. The highest BCUT2D eigenvalue weighted by atomic mass is 16.5. The zero-order valence-corrected chi connectivity index (χ0v) is 11.9. The summed E-state index contributed by atoms with van der Waals surface area (Å²) in [6.45, 7) is 6.10. The quantitative estimate of drug-likeness (QED) is 0.841. The Hall–Kier alpha value is -0.810. The fourth-order valence-electron chi connectivity index (χ4n) is 2.83. The first-order valence-corrected chi connectivity index (χ1v) is 7.47. The lowest BCUT2D eigenvalue weighted by atomic mass is 9.99. The molecule has 0 aromatic rings. The number of hydrogen-bond donors (Lipinski definition) is 1. The van der Waals surface area contributed by atoms with Crippen LogP contribution < -0.4 is 0 Å². The molecule has 2 amide bonds. The molecule has 0 radical (unpaired) electrons. The van der Waals surface area contributed by atoms with Gasteiger partial charge in [-0.25, -0.2) is 4.79 Å². The molecular formula is C14H26N2O3. The topological polar surface area (TPSA) is 53.0 Å². The fraction of sp³-hybridized carbons (Fsp3) is 0.929. The van der Waals surface area contributed by atoms with E-state index in [0.29, 0.717) is 6.61 Å². The van der Waals surface area contributed by atoms with Crippen LogP contribution in [0.1, 0.15) is 32.6 Å². The maximum absolute atomic E-state index is 12.4. The van der Waals surface area contributed by atoms with Crippen molar-refractivity contribution in [2.24, 2.45) is 5.92 Å². The predicted molar refractivity (Wildman–Crippen MR) is 73.0 cm³/mol. The van der Waals surface area contributed by atoms with Crippen molar-refractivity contribution in [3.8, 4) is 0 Å².